The predicted molar refractivity (Wildman–Crippen MR) is 66.2 cm³/mol. The van der Waals surface area contributed by atoms with Crippen molar-refractivity contribution in [3.63, 3.8) is 0 Å². The van der Waals surface area contributed by atoms with Crippen molar-refractivity contribution in [2.45, 2.75) is 19.9 Å². The molecule has 0 heterocycles. The molecule has 1 amide bonds. The number of hydrogen-bond donors (Lipinski definition) is 1. The summed E-state index contributed by atoms with van der Waals surface area (Å²) in [6, 6.07) is 2.74. The van der Waals surface area contributed by atoms with E-state index in [0.29, 0.717) is 0 Å². The second kappa shape index (κ2) is 5.82. The summed E-state index contributed by atoms with van der Waals surface area (Å²) in [5.74, 6) is -2.33. The number of nitrogens with zero attached hydrogens (tertiary/aromatic N) is 1. The second-order valence-electron chi connectivity index (χ2n) is 4.11. The van der Waals surface area contributed by atoms with Crippen LogP contribution in [0.1, 0.15) is 13.8 Å². The van der Waals surface area contributed by atoms with Crippen LogP contribution < -0.4 is 4.90 Å². The van der Waals surface area contributed by atoms with Crippen LogP contribution in [-0.4, -0.2) is 23.5 Å². The number of carboxylic acid groups (broad SMARTS) is 1. The lowest BCUT2D eigenvalue weighted by atomic mass is 10.0. The van der Waals surface area contributed by atoms with Crippen molar-refractivity contribution in [3.05, 3.63) is 29.0 Å². The maximum Gasteiger partial charge on any atom is 0.327 e. The van der Waals surface area contributed by atoms with E-state index in [-0.39, 0.29) is 23.0 Å². The molecule has 18 heavy (non-hydrogen) atoms. The van der Waals surface area contributed by atoms with Crippen molar-refractivity contribution < 1.29 is 19.1 Å². The number of rotatable bonds is 5. The van der Waals surface area contributed by atoms with Gasteiger partial charge in [0.1, 0.15) is 11.9 Å². The van der Waals surface area contributed by atoms with E-state index in [1.165, 1.54) is 12.1 Å². The number of benzene rings is 1. The number of carboxylic acids is 1. The highest BCUT2D eigenvalue weighted by atomic mass is 35.5. The number of amides is 1. The summed E-state index contributed by atoms with van der Waals surface area (Å²) < 4.78 is 13.7. The van der Waals surface area contributed by atoms with Crippen molar-refractivity contribution in [2.24, 2.45) is 5.92 Å². The van der Waals surface area contributed by atoms with Gasteiger partial charge < -0.3 is 5.11 Å². The molecule has 1 aromatic rings. The van der Waals surface area contributed by atoms with Crippen LogP contribution >= 0.6 is 11.6 Å². The molecular weight excluding hydrogens is 261 g/mol. The lowest BCUT2D eigenvalue weighted by Gasteiger charge is -2.28. The van der Waals surface area contributed by atoms with Crippen molar-refractivity contribution in [2.75, 3.05) is 4.90 Å². The van der Waals surface area contributed by atoms with Gasteiger partial charge in [-0.1, -0.05) is 31.5 Å². The quantitative estimate of drug-likeness (QED) is 0.839. The van der Waals surface area contributed by atoms with Gasteiger partial charge in [0, 0.05) is 0 Å². The Hall–Kier alpha value is -1.62. The molecule has 0 fully saturated rings. The first-order chi connectivity index (χ1) is 8.40. The monoisotopic (exact) mass is 273 g/mol. The maximum absolute atomic E-state index is 13.7. The smallest absolute Gasteiger partial charge is 0.327 e. The zero-order valence-electron chi connectivity index (χ0n) is 9.93. The molecule has 0 spiro atoms. The highest BCUT2D eigenvalue weighted by Crippen LogP contribution is 2.30. The van der Waals surface area contributed by atoms with E-state index in [1.54, 1.807) is 13.8 Å². The van der Waals surface area contributed by atoms with Gasteiger partial charge in [-0.3, -0.25) is 9.69 Å². The van der Waals surface area contributed by atoms with E-state index >= 15 is 0 Å². The summed E-state index contributed by atoms with van der Waals surface area (Å²) in [6.45, 7) is 3.26. The first-order valence-corrected chi connectivity index (χ1v) is 5.68. The van der Waals surface area contributed by atoms with Crippen LogP contribution in [0.3, 0.4) is 0 Å². The van der Waals surface area contributed by atoms with Gasteiger partial charge in [0.05, 0.1) is 10.7 Å². The molecule has 0 bridgehead atoms. The summed E-state index contributed by atoms with van der Waals surface area (Å²) in [5.41, 5.74) is -0.213. The second-order valence-corrected chi connectivity index (χ2v) is 4.52. The zero-order chi connectivity index (χ0) is 13.9. The number of halogens is 2. The molecule has 0 aliphatic rings. The molecule has 1 N–H and O–H groups in total. The van der Waals surface area contributed by atoms with Gasteiger partial charge in [-0.15, -0.1) is 0 Å². The largest absolute Gasteiger partial charge is 0.480 e. The Balaban J connectivity index is 3.32. The number of hydrogen-bond acceptors (Lipinski definition) is 2. The fourth-order valence-electron chi connectivity index (χ4n) is 1.72. The molecule has 0 aromatic heterocycles. The molecule has 0 radical (unpaired) electrons. The molecule has 98 valence electrons. The highest BCUT2D eigenvalue weighted by Gasteiger charge is 2.31. The Morgan fingerprint density at radius 2 is 2.11 bits per heavy atom. The van der Waals surface area contributed by atoms with Crippen LogP contribution in [0, 0.1) is 11.7 Å². The fourth-order valence-corrected chi connectivity index (χ4v) is 1.98. The number of carbonyl (C=O) groups excluding carboxylic acids is 1. The van der Waals surface area contributed by atoms with Crippen LogP contribution in [0.2, 0.25) is 5.02 Å². The lowest BCUT2D eigenvalue weighted by molar-refractivity contribution is -0.140. The molecule has 0 aliphatic heterocycles. The van der Waals surface area contributed by atoms with Crippen molar-refractivity contribution in [1.82, 2.24) is 0 Å². The van der Waals surface area contributed by atoms with Gasteiger partial charge in [0.25, 0.3) is 0 Å². The average Bonchev–Trinajstić information content (AvgIpc) is 2.25. The number of carbonyl (C=O) groups is 2. The summed E-state index contributed by atoms with van der Waals surface area (Å²) >= 11 is 5.82. The predicted octanol–water partition coefficient (Wildman–Crippen LogP) is 2.55. The van der Waals surface area contributed by atoms with Crippen LogP contribution in [0.25, 0.3) is 0 Å². The first-order valence-electron chi connectivity index (χ1n) is 5.30. The number of anilines is 1. The molecule has 6 heteroatoms. The van der Waals surface area contributed by atoms with E-state index in [4.69, 9.17) is 16.7 Å². The fraction of sp³-hybridized carbons (Fsp3) is 0.333. The summed E-state index contributed by atoms with van der Waals surface area (Å²) in [4.78, 5) is 23.1. The minimum atomic E-state index is -1.21. The minimum absolute atomic E-state index is 0.00556. The number of para-hydroxylation sites is 1. The van der Waals surface area contributed by atoms with Gasteiger partial charge in [-0.25, -0.2) is 9.18 Å². The SMILES string of the molecule is CC(C)C(C(=O)O)N(C=O)c1c(F)cccc1Cl. The Kier molecular flexibility index (Phi) is 4.67. The Morgan fingerprint density at radius 3 is 2.50 bits per heavy atom. The Labute approximate surface area is 109 Å². The molecule has 1 atom stereocenters. The molecule has 0 saturated heterocycles. The normalized spacial score (nSPS) is 12.3. The van der Waals surface area contributed by atoms with E-state index in [0.717, 1.165) is 11.0 Å². The molecule has 0 saturated carbocycles. The molecule has 1 aromatic carbocycles. The zero-order valence-corrected chi connectivity index (χ0v) is 10.7. The third kappa shape index (κ3) is 2.79. The van der Waals surface area contributed by atoms with Gasteiger partial charge >= 0.3 is 5.97 Å². The lowest BCUT2D eigenvalue weighted by Crippen LogP contribution is -2.44. The van der Waals surface area contributed by atoms with E-state index in [9.17, 15) is 14.0 Å². The average molecular weight is 274 g/mol. The maximum atomic E-state index is 13.7. The van der Waals surface area contributed by atoms with Crippen molar-refractivity contribution >= 4 is 29.7 Å². The molecule has 1 unspecified atom stereocenters. The van der Waals surface area contributed by atoms with Gasteiger partial charge in [0.15, 0.2) is 0 Å². The van der Waals surface area contributed by atoms with E-state index < -0.39 is 17.8 Å². The Morgan fingerprint density at radius 1 is 1.50 bits per heavy atom. The summed E-state index contributed by atoms with van der Waals surface area (Å²) in [7, 11) is 0. The third-order valence-electron chi connectivity index (χ3n) is 2.49. The highest BCUT2D eigenvalue weighted by molar-refractivity contribution is 6.33. The number of aliphatic carboxylic acids is 1. The van der Waals surface area contributed by atoms with Crippen LogP contribution in [0.5, 0.6) is 0 Å². The van der Waals surface area contributed by atoms with Crippen LogP contribution in [-0.2, 0) is 9.59 Å². The molecule has 4 nitrogen and oxygen atoms in total. The van der Waals surface area contributed by atoms with Gasteiger partial charge in [0.2, 0.25) is 6.41 Å². The minimum Gasteiger partial charge on any atom is -0.480 e. The molecule has 0 aliphatic carbocycles. The van der Waals surface area contributed by atoms with Gasteiger partial charge in [-0.05, 0) is 18.1 Å². The van der Waals surface area contributed by atoms with E-state index in [2.05, 4.69) is 0 Å². The summed E-state index contributed by atoms with van der Waals surface area (Å²) in [6.07, 6.45) is 0.281. The topological polar surface area (TPSA) is 57.6 Å². The van der Waals surface area contributed by atoms with Crippen molar-refractivity contribution in [3.8, 4) is 0 Å². The van der Waals surface area contributed by atoms with E-state index in [1.807, 2.05) is 0 Å². The third-order valence-corrected chi connectivity index (χ3v) is 2.80. The van der Waals surface area contributed by atoms with Crippen molar-refractivity contribution in [1.29, 1.82) is 0 Å². The standard InChI is InChI=1S/C12H13ClFNO3/c1-7(2)10(12(17)18)15(6-16)11-8(13)4-3-5-9(11)14/h3-7,10H,1-2H3,(H,17,18). The van der Waals surface area contributed by atoms with Crippen LogP contribution in [0.15, 0.2) is 18.2 Å². The summed E-state index contributed by atoms with van der Waals surface area (Å²) in [5, 5.41) is 9.12. The Bertz CT molecular complexity index is 444. The molecule has 1 rings (SSSR count). The molecular formula is C12H13ClFNO3. The van der Waals surface area contributed by atoms with Gasteiger partial charge in [-0.2, -0.15) is 0 Å². The first kappa shape index (κ1) is 14.4. The van der Waals surface area contributed by atoms with Crippen LogP contribution in [0.4, 0.5) is 10.1 Å².